The molecule has 1 aromatic carbocycles. The van der Waals surface area contributed by atoms with Crippen molar-refractivity contribution < 1.29 is 13.2 Å². The molecular formula is C9H10O3S. The van der Waals surface area contributed by atoms with Gasteiger partial charge >= 0.3 is 0 Å². The van der Waals surface area contributed by atoms with E-state index in [4.69, 9.17) is 0 Å². The van der Waals surface area contributed by atoms with E-state index in [-0.39, 0.29) is 5.78 Å². The number of ketones is 1. The summed E-state index contributed by atoms with van der Waals surface area (Å²) < 4.78 is 21.1. The molecule has 1 rings (SSSR count). The van der Waals surface area contributed by atoms with E-state index in [1.165, 1.54) is 6.92 Å². The molecule has 0 saturated carbocycles. The lowest BCUT2D eigenvalue weighted by Gasteiger charge is -2.01. The number of hydrogen-bond acceptors (Lipinski definition) is 3. The van der Waals surface area contributed by atoms with Gasteiger partial charge in [-0.15, -0.1) is 0 Å². The van der Waals surface area contributed by atoms with Crippen molar-refractivity contribution in [3.63, 3.8) is 0 Å². The number of carbonyl (C=O) groups excluding carboxylic acids is 1. The van der Waals surface area contributed by atoms with Gasteiger partial charge in [-0.05, 0) is 6.92 Å². The standard InChI is InChI=1S/C9H10O3S/c1-7(13(11)12)9(10)8-5-3-2-4-6-8/h2-7,13H,1H3. The molecule has 0 fully saturated rings. The van der Waals surface area contributed by atoms with Gasteiger partial charge in [0.2, 0.25) is 0 Å². The van der Waals surface area contributed by atoms with Crippen molar-refractivity contribution in [2.45, 2.75) is 12.2 Å². The zero-order chi connectivity index (χ0) is 9.84. The van der Waals surface area contributed by atoms with Crippen LogP contribution in [-0.2, 0) is 10.7 Å². The van der Waals surface area contributed by atoms with Gasteiger partial charge in [-0.3, -0.25) is 4.79 Å². The minimum Gasteiger partial charge on any atom is -0.293 e. The van der Waals surface area contributed by atoms with Gasteiger partial charge in [-0.2, -0.15) is 0 Å². The summed E-state index contributed by atoms with van der Waals surface area (Å²) in [4.78, 5) is 11.4. The molecule has 0 aliphatic rings. The Morgan fingerprint density at radius 1 is 1.23 bits per heavy atom. The summed E-state index contributed by atoms with van der Waals surface area (Å²) in [5, 5.41) is -0.933. The third-order valence-corrected chi connectivity index (χ3v) is 2.62. The number of hydrogen-bond donors (Lipinski definition) is 1. The summed E-state index contributed by atoms with van der Waals surface area (Å²) in [6, 6.07) is 8.41. The van der Waals surface area contributed by atoms with E-state index in [1.54, 1.807) is 30.3 Å². The summed E-state index contributed by atoms with van der Waals surface area (Å²) in [6.45, 7) is 1.39. The summed E-state index contributed by atoms with van der Waals surface area (Å²) in [6.07, 6.45) is 0. The molecule has 4 heteroatoms. The highest BCUT2D eigenvalue weighted by Crippen LogP contribution is 2.04. The molecule has 1 aromatic rings. The second-order valence-corrected chi connectivity index (χ2v) is 4.04. The highest BCUT2D eigenvalue weighted by molar-refractivity contribution is 7.74. The van der Waals surface area contributed by atoms with Crippen molar-refractivity contribution in [2.24, 2.45) is 0 Å². The van der Waals surface area contributed by atoms with E-state index in [9.17, 15) is 13.2 Å². The molecule has 0 aromatic heterocycles. The Labute approximate surface area is 78.3 Å². The lowest BCUT2D eigenvalue weighted by atomic mass is 10.1. The van der Waals surface area contributed by atoms with E-state index < -0.39 is 16.0 Å². The van der Waals surface area contributed by atoms with Gasteiger partial charge in [0.05, 0.1) is 0 Å². The molecule has 0 bridgehead atoms. The zero-order valence-electron chi connectivity index (χ0n) is 7.14. The van der Waals surface area contributed by atoms with Crippen LogP contribution in [0.1, 0.15) is 17.3 Å². The molecule has 0 spiro atoms. The Kier molecular flexibility index (Phi) is 3.19. The maximum atomic E-state index is 11.4. The van der Waals surface area contributed by atoms with Gasteiger partial charge in [-0.25, -0.2) is 8.42 Å². The van der Waals surface area contributed by atoms with Crippen LogP contribution >= 0.6 is 0 Å². The smallest absolute Gasteiger partial charge is 0.180 e. The Morgan fingerprint density at radius 3 is 2.23 bits per heavy atom. The summed E-state index contributed by atoms with van der Waals surface area (Å²) in [5.41, 5.74) is 0.439. The maximum Gasteiger partial charge on any atom is 0.180 e. The second-order valence-electron chi connectivity index (χ2n) is 2.69. The monoisotopic (exact) mass is 198 g/mol. The van der Waals surface area contributed by atoms with Crippen LogP contribution in [0.5, 0.6) is 0 Å². The molecule has 70 valence electrons. The predicted octanol–water partition coefficient (Wildman–Crippen LogP) is 0.869. The predicted molar refractivity (Wildman–Crippen MR) is 50.5 cm³/mol. The summed E-state index contributed by atoms with van der Waals surface area (Å²) >= 11 is 0. The van der Waals surface area contributed by atoms with Crippen molar-refractivity contribution in [2.75, 3.05) is 0 Å². The lowest BCUT2D eigenvalue weighted by Crippen LogP contribution is -2.18. The van der Waals surface area contributed by atoms with Gasteiger partial charge in [0.1, 0.15) is 16.0 Å². The molecule has 0 amide bonds. The first-order chi connectivity index (χ1) is 6.13. The number of benzene rings is 1. The average Bonchev–Trinajstić information content (AvgIpc) is 2.17. The first-order valence-electron chi connectivity index (χ1n) is 3.85. The van der Waals surface area contributed by atoms with Gasteiger partial charge in [-0.1, -0.05) is 30.3 Å². The third kappa shape index (κ3) is 2.39. The van der Waals surface area contributed by atoms with E-state index >= 15 is 0 Å². The van der Waals surface area contributed by atoms with Crippen molar-refractivity contribution in [1.29, 1.82) is 0 Å². The van der Waals surface area contributed by atoms with Crippen LogP contribution in [0.25, 0.3) is 0 Å². The van der Waals surface area contributed by atoms with Crippen molar-refractivity contribution in [3.05, 3.63) is 35.9 Å². The van der Waals surface area contributed by atoms with Crippen LogP contribution in [0.4, 0.5) is 0 Å². The van der Waals surface area contributed by atoms with Crippen molar-refractivity contribution >= 4 is 16.5 Å². The number of carbonyl (C=O) groups is 1. The Hall–Kier alpha value is -1.16. The zero-order valence-corrected chi connectivity index (χ0v) is 8.03. The number of rotatable bonds is 3. The molecule has 0 N–H and O–H groups in total. The Bertz CT molecular complexity index is 360. The molecule has 0 aliphatic carbocycles. The fraction of sp³-hybridized carbons (Fsp3) is 0.222. The molecular weight excluding hydrogens is 188 g/mol. The van der Waals surface area contributed by atoms with Crippen LogP contribution < -0.4 is 0 Å². The van der Waals surface area contributed by atoms with Crippen molar-refractivity contribution in [1.82, 2.24) is 0 Å². The first kappa shape index (κ1) is 9.92. The fourth-order valence-electron chi connectivity index (χ4n) is 0.939. The molecule has 0 saturated heterocycles. The molecule has 3 nitrogen and oxygen atoms in total. The lowest BCUT2D eigenvalue weighted by molar-refractivity contribution is 0.0992. The van der Waals surface area contributed by atoms with E-state index in [0.717, 1.165) is 0 Å². The molecule has 13 heavy (non-hydrogen) atoms. The quantitative estimate of drug-likeness (QED) is 0.579. The number of Topliss-reactive ketones (excluding diaryl/α,β-unsaturated/α-hetero) is 1. The minimum atomic E-state index is -2.67. The molecule has 0 heterocycles. The highest BCUT2D eigenvalue weighted by Gasteiger charge is 2.16. The summed E-state index contributed by atoms with van der Waals surface area (Å²) in [7, 11) is -2.67. The summed E-state index contributed by atoms with van der Waals surface area (Å²) in [5.74, 6) is -0.350. The largest absolute Gasteiger partial charge is 0.293 e. The fourth-order valence-corrected chi connectivity index (χ4v) is 1.28. The van der Waals surface area contributed by atoms with Crippen LogP contribution in [0.15, 0.2) is 30.3 Å². The SMILES string of the molecule is CC(C(=O)c1ccccc1)[SH](=O)=O. The van der Waals surface area contributed by atoms with Crippen LogP contribution in [0, 0.1) is 0 Å². The molecule has 1 unspecified atom stereocenters. The van der Waals surface area contributed by atoms with Crippen LogP contribution in [-0.4, -0.2) is 19.5 Å². The van der Waals surface area contributed by atoms with Gasteiger partial charge in [0.15, 0.2) is 5.78 Å². The van der Waals surface area contributed by atoms with E-state index in [1.807, 2.05) is 0 Å². The van der Waals surface area contributed by atoms with Crippen LogP contribution in [0.3, 0.4) is 0 Å². The van der Waals surface area contributed by atoms with Crippen molar-refractivity contribution in [3.8, 4) is 0 Å². The Balaban J connectivity index is 2.93. The molecule has 0 radical (unpaired) electrons. The van der Waals surface area contributed by atoms with Crippen LogP contribution in [0.2, 0.25) is 0 Å². The van der Waals surface area contributed by atoms with Gasteiger partial charge in [0, 0.05) is 5.56 Å². The molecule has 1 atom stereocenters. The normalized spacial score (nSPS) is 12.8. The second kappa shape index (κ2) is 4.18. The first-order valence-corrected chi connectivity index (χ1v) is 5.10. The highest BCUT2D eigenvalue weighted by atomic mass is 32.2. The Morgan fingerprint density at radius 2 is 1.77 bits per heavy atom. The topological polar surface area (TPSA) is 51.2 Å². The minimum absolute atomic E-state index is 0.350. The van der Waals surface area contributed by atoms with E-state index in [2.05, 4.69) is 0 Å². The third-order valence-electron chi connectivity index (χ3n) is 1.75. The maximum absolute atomic E-state index is 11.4. The average molecular weight is 198 g/mol. The number of thiol groups is 1. The molecule has 0 aliphatic heterocycles. The van der Waals surface area contributed by atoms with E-state index in [0.29, 0.717) is 5.56 Å². The van der Waals surface area contributed by atoms with Gasteiger partial charge in [0.25, 0.3) is 0 Å². The van der Waals surface area contributed by atoms with Gasteiger partial charge < -0.3 is 0 Å².